The van der Waals surface area contributed by atoms with Crippen molar-refractivity contribution in [1.29, 1.82) is 0 Å². The largest absolute Gasteiger partial charge is 0.496 e. The van der Waals surface area contributed by atoms with E-state index in [1.165, 1.54) is 5.56 Å². The van der Waals surface area contributed by atoms with Crippen molar-refractivity contribution < 1.29 is 14.2 Å². The minimum atomic E-state index is 0.554. The van der Waals surface area contributed by atoms with Crippen LogP contribution in [0.1, 0.15) is 31.4 Å². The molecule has 0 spiro atoms. The third-order valence-electron chi connectivity index (χ3n) is 2.90. The smallest absolute Gasteiger partial charge is 0.124 e. The normalized spacial score (nSPS) is 10.8. The fourth-order valence-corrected chi connectivity index (χ4v) is 1.87. The Morgan fingerprint density at radius 1 is 1.05 bits per heavy atom. The monoisotopic (exact) mass is 281 g/mol. The highest BCUT2D eigenvalue weighted by Crippen LogP contribution is 2.20. The van der Waals surface area contributed by atoms with Gasteiger partial charge in [-0.1, -0.05) is 19.9 Å². The van der Waals surface area contributed by atoms with Crippen molar-refractivity contribution >= 4 is 0 Å². The van der Waals surface area contributed by atoms with E-state index in [1.54, 1.807) is 7.11 Å². The highest BCUT2D eigenvalue weighted by atomic mass is 16.5. The predicted octanol–water partition coefficient (Wildman–Crippen LogP) is 2.75. The van der Waals surface area contributed by atoms with Crippen LogP contribution in [0.2, 0.25) is 0 Å². The van der Waals surface area contributed by atoms with Crippen molar-refractivity contribution in [3.63, 3.8) is 0 Å². The summed E-state index contributed by atoms with van der Waals surface area (Å²) in [5, 5.41) is 3.32. The van der Waals surface area contributed by atoms with Gasteiger partial charge in [-0.25, -0.2) is 0 Å². The van der Waals surface area contributed by atoms with Gasteiger partial charge in [-0.15, -0.1) is 0 Å². The number of benzene rings is 1. The van der Waals surface area contributed by atoms with E-state index < -0.39 is 0 Å². The molecule has 0 fully saturated rings. The predicted molar refractivity (Wildman–Crippen MR) is 81.1 cm³/mol. The maximum absolute atomic E-state index is 5.64. The molecule has 1 N–H and O–H groups in total. The molecule has 0 saturated heterocycles. The number of hydrogen-bond acceptors (Lipinski definition) is 4. The molecule has 0 aromatic heterocycles. The fraction of sp³-hybridized carbons (Fsp3) is 0.625. The summed E-state index contributed by atoms with van der Waals surface area (Å²) < 4.78 is 16.4. The molecular weight excluding hydrogens is 254 g/mol. The standard InChI is InChI=1S/C16H27NO3/c1-4-8-19-9-10-20-13-15-11-14(12-17-5-2)6-7-16(15)18-3/h6-7,11,17H,4-5,8-10,12-13H2,1-3H3. The van der Waals surface area contributed by atoms with E-state index in [0.29, 0.717) is 19.8 Å². The number of ether oxygens (including phenoxy) is 3. The molecule has 0 aliphatic heterocycles. The topological polar surface area (TPSA) is 39.7 Å². The molecule has 0 saturated carbocycles. The van der Waals surface area contributed by atoms with Crippen molar-refractivity contribution in [2.45, 2.75) is 33.4 Å². The van der Waals surface area contributed by atoms with Gasteiger partial charge in [0.15, 0.2) is 0 Å². The Morgan fingerprint density at radius 3 is 2.55 bits per heavy atom. The lowest BCUT2D eigenvalue weighted by atomic mass is 10.1. The molecule has 1 aromatic rings. The first-order valence-electron chi connectivity index (χ1n) is 7.33. The van der Waals surface area contributed by atoms with Crippen molar-refractivity contribution in [3.05, 3.63) is 29.3 Å². The molecule has 0 unspecified atom stereocenters. The summed E-state index contributed by atoms with van der Waals surface area (Å²) in [6, 6.07) is 6.21. The second kappa shape index (κ2) is 10.7. The van der Waals surface area contributed by atoms with Crippen LogP contribution in [0.25, 0.3) is 0 Å². The average Bonchev–Trinajstić information content (AvgIpc) is 2.48. The fourth-order valence-electron chi connectivity index (χ4n) is 1.87. The van der Waals surface area contributed by atoms with Crippen LogP contribution in [0.15, 0.2) is 18.2 Å². The Morgan fingerprint density at radius 2 is 1.85 bits per heavy atom. The average molecular weight is 281 g/mol. The molecule has 4 nitrogen and oxygen atoms in total. The summed E-state index contributed by atoms with van der Waals surface area (Å²) in [4.78, 5) is 0. The Balaban J connectivity index is 2.44. The van der Waals surface area contributed by atoms with Gasteiger partial charge < -0.3 is 19.5 Å². The molecule has 0 bridgehead atoms. The number of rotatable bonds is 11. The molecule has 0 aliphatic rings. The maximum Gasteiger partial charge on any atom is 0.124 e. The zero-order chi connectivity index (χ0) is 14.6. The summed E-state index contributed by atoms with van der Waals surface area (Å²) in [5.41, 5.74) is 2.33. The Labute approximate surface area is 122 Å². The van der Waals surface area contributed by atoms with Gasteiger partial charge in [0, 0.05) is 18.7 Å². The first-order valence-corrected chi connectivity index (χ1v) is 7.33. The zero-order valence-corrected chi connectivity index (χ0v) is 12.9. The molecule has 0 radical (unpaired) electrons. The minimum absolute atomic E-state index is 0.554. The first-order chi connectivity index (χ1) is 9.81. The summed E-state index contributed by atoms with van der Waals surface area (Å²) in [7, 11) is 1.69. The quantitative estimate of drug-likeness (QED) is 0.633. The number of hydrogen-bond donors (Lipinski definition) is 1. The molecule has 0 aliphatic carbocycles. The molecule has 0 heterocycles. The lowest BCUT2D eigenvalue weighted by molar-refractivity contribution is 0.0402. The van der Waals surface area contributed by atoms with Gasteiger partial charge in [-0.2, -0.15) is 0 Å². The van der Waals surface area contributed by atoms with Crippen LogP contribution in [0.4, 0.5) is 0 Å². The van der Waals surface area contributed by atoms with E-state index in [4.69, 9.17) is 14.2 Å². The van der Waals surface area contributed by atoms with Gasteiger partial charge in [0.25, 0.3) is 0 Å². The van der Waals surface area contributed by atoms with Crippen LogP contribution < -0.4 is 10.1 Å². The van der Waals surface area contributed by atoms with Crippen LogP contribution in [0.3, 0.4) is 0 Å². The third-order valence-corrected chi connectivity index (χ3v) is 2.90. The molecule has 0 amide bonds. The highest BCUT2D eigenvalue weighted by molar-refractivity contribution is 5.36. The van der Waals surface area contributed by atoms with Crippen LogP contribution in [-0.4, -0.2) is 33.5 Å². The van der Waals surface area contributed by atoms with Gasteiger partial charge in [-0.3, -0.25) is 0 Å². The molecule has 0 atom stereocenters. The molecule has 114 valence electrons. The molecule has 1 rings (SSSR count). The van der Waals surface area contributed by atoms with Crippen molar-refractivity contribution in [1.82, 2.24) is 5.32 Å². The van der Waals surface area contributed by atoms with Gasteiger partial charge in [0.1, 0.15) is 5.75 Å². The van der Waals surface area contributed by atoms with Crippen LogP contribution in [-0.2, 0) is 22.6 Å². The van der Waals surface area contributed by atoms with Crippen LogP contribution in [0, 0.1) is 0 Å². The van der Waals surface area contributed by atoms with Crippen molar-refractivity contribution in [2.75, 3.05) is 33.5 Å². The molecule has 1 aromatic carbocycles. The van der Waals surface area contributed by atoms with Gasteiger partial charge in [0.2, 0.25) is 0 Å². The van der Waals surface area contributed by atoms with E-state index in [1.807, 2.05) is 6.07 Å². The van der Waals surface area contributed by atoms with E-state index in [9.17, 15) is 0 Å². The summed E-state index contributed by atoms with van der Waals surface area (Å²) in [6.45, 7) is 8.64. The SMILES string of the molecule is CCCOCCOCc1cc(CNCC)ccc1OC. The minimum Gasteiger partial charge on any atom is -0.496 e. The van der Waals surface area contributed by atoms with Crippen molar-refractivity contribution in [3.8, 4) is 5.75 Å². The highest BCUT2D eigenvalue weighted by Gasteiger charge is 2.05. The van der Waals surface area contributed by atoms with Crippen LogP contribution >= 0.6 is 0 Å². The molecule has 20 heavy (non-hydrogen) atoms. The Hall–Kier alpha value is -1.10. The number of methoxy groups -OCH3 is 1. The second-order valence-electron chi connectivity index (χ2n) is 4.59. The Bertz CT molecular complexity index is 369. The van der Waals surface area contributed by atoms with E-state index in [-0.39, 0.29) is 0 Å². The van der Waals surface area contributed by atoms with E-state index in [2.05, 4.69) is 31.3 Å². The zero-order valence-electron chi connectivity index (χ0n) is 12.9. The lowest BCUT2D eigenvalue weighted by Crippen LogP contribution is -2.12. The van der Waals surface area contributed by atoms with Gasteiger partial charge >= 0.3 is 0 Å². The Kier molecular flexibility index (Phi) is 9.04. The lowest BCUT2D eigenvalue weighted by Gasteiger charge is -2.12. The van der Waals surface area contributed by atoms with E-state index >= 15 is 0 Å². The van der Waals surface area contributed by atoms with Gasteiger partial charge in [0.05, 0.1) is 26.9 Å². The molecular formula is C16H27NO3. The maximum atomic E-state index is 5.64. The summed E-state index contributed by atoms with van der Waals surface area (Å²) >= 11 is 0. The number of nitrogens with one attached hydrogen (secondary N) is 1. The molecule has 4 heteroatoms. The first kappa shape index (κ1) is 17.0. The summed E-state index contributed by atoms with van der Waals surface area (Å²) in [5.74, 6) is 0.875. The third kappa shape index (κ3) is 6.37. The second-order valence-corrected chi connectivity index (χ2v) is 4.59. The van der Waals surface area contributed by atoms with Crippen LogP contribution in [0.5, 0.6) is 5.75 Å². The van der Waals surface area contributed by atoms with E-state index in [0.717, 1.165) is 37.4 Å². The summed E-state index contributed by atoms with van der Waals surface area (Å²) in [6.07, 6.45) is 1.04. The van der Waals surface area contributed by atoms with Crippen molar-refractivity contribution in [2.24, 2.45) is 0 Å². The van der Waals surface area contributed by atoms with Gasteiger partial charge in [-0.05, 0) is 30.7 Å².